The topological polar surface area (TPSA) is 66.0 Å². The van der Waals surface area contributed by atoms with E-state index < -0.39 is 0 Å². The SMILES string of the molecule is CC(C)Cn1ncnc1CC(N)C1CC2CCC1O2. The highest BCUT2D eigenvalue weighted by Crippen LogP contribution is 2.40. The summed E-state index contributed by atoms with van der Waals surface area (Å²) in [7, 11) is 0. The smallest absolute Gasteiger partial charge is 0.138 e. The van der Waals surface area contributed by atoms with Crippen LogP contribution in [-0.4, -0.2) is 33.0 Å². The van der Waals surface area contributed by atoms with Gasteiger partial charge in [-0.3, -0.25) is 0 Å². The molecule has 2 fully saturated rings. The number of rotatable bonds is 5. The summed E-state index contributed by atoms with van der Waals surface area (Å²) in [5.74, 6) is 2.09. The molecule has 5 heteroatoms. The zero-order chi connectivity index (χ0) is 13.4. The Morgan fingerprint density at radius 1 is 1.47 bits per heavy atom. The first-order chi connectivity index (χ1) is 9.13. The zero-order valence-corrected chi connectivity index (χ0v) is 11.8. The number of hydrogen-bond donors (Lipinski definition) is 1. The van der Waals surface area contributed by atoms with Crippen LogP contribution in [0.25, 0.3) is 0 Å². The van der Waals surface area contributed by atoms with E-state index in [9.17, 15) is 0 Å². The van der Waals surface area contributed by atoms with Crippen molar-refractivity contribution < 1.29 is 4.74 Å². The summed E-state index contributed by atoms with van der Waals surface area (Å²) < 4.78 is 7.90. The van der Waals surface area contributed by atoms with E-state index in [1.54, 1.807) is 6.33 Å². The number of aromatic nitrogens is 3. The number of ether oxygens (including phenoxy) is 1. The van der Waals surface area contributed by atoms with E-state index in [4.69, 9.17) is 10.5 Å². The average molecular weight is 264 g/mol. The molecule has 19 heavy (non-hydrogen) atoms. The molecule has 0 aromatic carbocycles. The van der Waals surface area contributed by atoms with Crippen LogP contribution in [0, 0.1) is 11.8 Å². The molecule has 2 bridgehead atoms. The summed E-state index contributed by atoms with van der Waals surface area (Å²) in [6.07, 6.45) is 6.84. The number of nitrogens with zero attached hydrogens (tertiary/aromatic N) is 3. The zero-order valence-electron chi connectivity index (χ0n) is 11.8. The average Bonchev–Trinajstić information content (AvgIpc) is 3.05. The maximum absolute atomic E-state index is 6.40. The summed E-state index contributed by atoms with van der Waals surface area (Å²) in [4.78, 5) is 4.37. The summed E-state index contributed by atoms with van der Waals surface area (Å²) in [6.45, 7) is 5.29. The number of nitrogens with two attached hydrogens (primary N) is 1. The standard InChI is InChI=1S/C14H24N4O/c1-9(2)7-18-14(16-8-17-18)6-12(15)11-5-10-3-4-13(11)19-10/h8-13H,3-7,15H2,1-2H3. The monoisotopic (exact) mass is 264 g/mol. The molecule has 4 atom stereocenters. The molecule has 1 aromatic heterocycles. The highest BCUT2D eigenvalue weighted by Gasteiger charge is 2.43. The van der Waals surface area contributed by atoms with Crippen molar-refractivity contribution in [3.05, 3.63) is 12.2 Å². The lowest BCUT2D eigenvalue weighted by molar-refractivity contribution is 0.0883. The second-order valence-electron chi connectivity index (χ2n) is 6.39. The second kappa shape index (κ2) is 5.21. The van der Waals surface area contributed by atoms with Crippen molar-refractivity contribution in [3.63, 3.8) is 0 Å². The first-order valence-corrected chi connectivity index (χ1v) is 7.41. The Labute approximate surface area is 114 Å². The third-order valence-corrected chi connectivity index (χ3v) is 4.36. The maximum Gasteiger partial charge on any atom is 0.138 e. The van der Waals surface area contributed by atoms with Gasteiger partial charge in [-0.2, -0.15) is 5.10 Å². The van der Waals surface area contributed by atoms with Crippen LogP contribution in [-0.2, 0) is 17.7 Å². The molecule has 2 aliphatic heterocycles. The molecule has 2 saturated heterocycles. The molecule has 2 aliphatic rings. The minimum Gasteiger partial charge on any atom is -0.375 e. The molecule has 106 valence electrons. The number of hydrogen-bond acceptors (Lipinski definition) is 4. The summed E-state index contributed by atoms with van der Waals surface area (Å²) in [5, 5.41) is 4.30. The van der Waals surface area contributed by atoms with E-state index in [2.05, 4.69) is 23.9 Å². The fourth-order valence-corrected chi connectivity index (χ4v) is 3.43. The lowest BCUT2D eigenvalue weighted by Gasteiger charge is -2.25. The maximum atomic E-state index is 6.40. The van der Waals surface area contributed by atoms with E-state index >= 15 is 0 Å². The molecule has 1 aromatic rings. The van der Waals surface area contributed by atoms with Crippen LogP contribution in [0.5, 0.6) is 0 Å². The van der Waals surface area contributed by atoms with Gasteiger partial charge in [0.1, 0.15) is 12.2 Å². The Morgan fingerprint density at radius 2 is 2.32 bits per heavy atom. The molecule has 0 radical (unpaired) electrons. The van der Waals surface area contributed by atoms with Gasteiger partial charge in [-0.25, -0.2) is 9.67 Å². The highest BCUT2D eigenvalue weighted by atomic mass is 16.5. The lowest BCUT2D eigenvalue weighted by atomic mass is 9.83. The highest BCUT2D eigenvalue weighted by molar-refractivity contribution is 4.98. The van der Waals surface area contributed by atoms with Gasteiger partial charge in [-0.1, -0.05) is 13.8 Å². The van der Waals surface area contributed by atoms with Crippen molar-refractivity contribution in [2.45, 2.75) is 64.3 Å². The lowest BCUT2D eigenvalue weighted by Crippen LogP contribution is -2.38. The summed E-state index contributed by atoms with van der Waals surface area (Å²) >= 11 is 0. The third kappa shape index (κ3) is 2.67. The molecule has 0 saturated carbocycles. The predicted molar refractivity (Wildman–Crippen MR) is 72.5 cm³/mol. The fourth-order valence-electron chi connectivity index (χ4n) is 3.43. The largest absolute Gasteiger partial charge is 0.375 e. The van der Waals surface area contributed by atoms with Crippen LogP contribution in [0.15, 0.2) is 6.33 Å². The van der Waals surface area contributed by atoms with Gasteiger partial charge in [-0.15, -0.1) is 0 Å². The van der Waals surface area contributed by atoms with Crippen LogP contribution in [0.4, 0.5) is 0 Å². The molecule has 5 nitrogen and oxygen atoms in total. The fraction of sp³-hybridized carbons (Fsp3) is 0.857. The Kier molecular flexibility index (Phi) is 3.58. The first kappa shape index (κ1) is 13.1. The quantitative estimate of drug-likeness (QED) is 0.872. The predicted octanol–water partition coefficient (Wildman–Crippen LogP) is 1.37. The van der Waals surface area contributed by atoms with Crippen molar-refractivity contribution in [2.24, 2.45) is 17.6 Å². The number of fused-ring (bicyclic) bond motifs is 2. The van der Waals surface area contributed by atoms with Gasteiger partial charge in [0.25, 0.3) is 0 Å². The summed E-state index contributed by atoms with van der Waals surface area (Å²) in [5.41, 5.74) is 6.40. The Morgan fingerprint density at radius 3 is 2.95 bits per heavy atom. The van der Waals surface area contributed by atoms with Gasteiger partial charge in [0.05, 0.1) is 12.2 Å². The van der Waals surface area contributed by atoms with Crippen molar-refractivity contribution in [3.8, 4) is 0 Å². The van der Waals surface area contributed by atoms with Gasteiger partial charge >= 0.3 is 0 Å². The van der Waals surface area contributed by atoms with Crippen LogP contribution in [0.1, 0.15) is 38.9 Å². The molecule has 3 rings (SSSR count). The van der Waals surface area contributed by atoms with Gasteiger partial charge in [0.2, 0.25) is 0 Å². The van der Waals surface area contributed by atoms with Gasteiger partial charge in [-0.05, 0) is 25.2 Å². The minimum absolute atomic E-state index is 0.144. The molecule has 0 amide bonds. The van der Waals surface area contributed by atoms with Gasteiger partial charge < -0.3 is 10.5 Å². The van der Waals surface area contributed by atoms with Crippen molar-refractivity contribution in [2.75, 3.05) is 0 Å². The van der Waals surface area contributed by atoms with Crippen LogP contribution in [0.2, 0.25) is 0 Å². The van der Waals surface area contributed by atoms with Gasteiger partial charge in [0.15, 0.2) is 0 Å². The van der Waals surface area contributed by atoms with Crippen molar-refractivity contribution >= 4 is 0 Å². The van der Waals surface area contributed by atoms with Crippen molar-refractivity contribution in [1.82, 2.24) is 14.8 Å². The molecular weight excluding hydrogens is 240 g/mol. The molecule has 2 N–H and O–H groups in total. The third-order valence-electron chi connectivity index (χ3n) is 4.36. The molecule has 4 unspecified atom stereocenters. The van der Waals surface area contributed by atoms with E-state index in [-0.39, 0.29) is 6.04 Å². The van der Waals surface area contributed by atoms with E-state index in [0.717, 1.165) is 25.2 Å². The second-order valence-corrected chi connectivity index (χ2v) is 6.39. The van der Waals surface area contributed by atoms with Gasteiger partial charge in [0, 0.05) is 24.9 Å². The van der Waals surface area contributed by atoms with Crippen LogP contribution in [0.3, 0.4) is 0 Å². The molecule has 3 heterocycles. The minimum atomic E-state index is 0.144. The molecular formula is C14H24N4O. The molecule has 0 aliphatic carbocycles. The Balaban J connectivity index is 1.63. The van der Waals surface area contributed by atoms with E-state index in [1.165, 1.54) is 12.8 Å². The Bertz CT molecular complexity index is 431. The first-order valence-electron chi connectivity index (χ1n) is 7.41. The van der Waals surface area contributed by atoms with Crippen LogP contribution < -0.4 is 5.73 Å². The normalized spacial score (nSPS) is 31.3. The summed E-state index contributed by atoms with van der Waals surface area (Å²) in [6, 6.07) is 0.144. The van der Waals surface area contributed by atoms with E-state index in [1.807, 2.05) is 4.68 Å². The van der Waals surface area contributed by atoms with E-state index in [0.29, 0.717) is 24.0 Å². The van der Waals surface area contributed by atoms with Crippen LogP contribution >= 0.6 is 0 Å². The Hall–Kier alpha value is -0.940. The molecule has 0 spiro atoms. The van der Waals surface area contributed by atoms with Crippen molar-refractivity contribution in [1.29, 1.82) is 0 Å².